The van der Waals surface area contributed by atoms with Gasteiger partial charge in [-0.05, 0) is 25.5 Å². The molecule has 8 heteroatoms. The fourth-order valence-electron chi connectivity index (χ4n) is 2.34. The fourth-order valence-corrected chi connectivity index (χ4v) is 3.30. The first kappa shape index (κ1) is 20.0. The summed E-state index contributed by atoms with van der Waals surface area (Å²) >= 11 is 1.20. The van der Waals surface area contributed by atoms with Crippen LogP contribution in [-0.4, -0.2) is 40.3 Å². The average Bonchev–Trinajstić information content (AvgIpc) is 2.65. The van der Waals surface area contributed by atoms with E-state index >= 15 is 0 Å². The predicted molar refractivity (Wildman–Crippen MR) is 101 cm³/mol. The van der Waals surface area contributed by atoms with Crippen LogP contribution in [0.5, 0.6) is 0 Å². The number of carbonyl (C=O) groups excluding carboxylic acids is 2. The molecule has 1 N–H and O–H groups in total. The molecule has 0 unspecified atom stereocenters. The van der Waals surface area contributed by atoms with Crippen molar-refractivity contribution in [1.29, 1.82) is 0 Å². The maximum Gasteiger partial charge on any atom is 0.307 e. The summed E-state index contributed by atoms with van der Waals surface area (Å²) < 4.78 is 6.10. The minimum absolute atomic E-state index is 0.0560. The summed E-state index contributed by atoms with van der Waals surface area (Å²) in [6, 6.07) is 7.03. The molecular weight excluding hydrogens is 354 g/mol. The number of nitrogens with one attached hydrogen (secondary N) is 1. The first-order valence-electron chi connectivity index (χ1n) is 8.48. The van der Waals surface area contributed by atoms with E-state index in [-0.39, 0.29) is 24.4 Å². The van der Waals surface area contributed by atoms with Gasteiger partial charge in [0.05, 0.1) is 29.7 Å². The van der Waals surface area contributed by atoms with Crippen LogP contribution in [0.3, 0.4) is 0 Å². The lowest BCUT2D eigenvalue weighted by Gasteiger charge is -2.16. The molecule has 1 aromatic heterocycles. The topological polar surface area (TPSA) is 90.3 Å². The van der Waals surface area contributed by atoms with E-state index in [9.17, 15) is 14.4 Å². The molecule has 140 valence electrons. The lowest BCUT2D eigenvalue weighted by Crippen LogP contribution is -2.32. The molecule has 2 rings (SSSR count). The smallest absolute Gasteiger partial charge is 0.307 e. The second-order valence-electron chi connectivity index (χ2n) is 5.75. The number of carbonyl (C=O) groups is 2. The van der Waals surface area contributed by atoms with Crippen molar-refractivity contribution in [3.63, 3.8) is 0 Å². The number of fused-ring (bicyclic) bond motifs is 1. The van der Waals surface area contributed by atoms with Gasteiger partial charge >= 0.3 is 5.97 Å². The number of esters is 1. The molecular formula is C18H23N3O4S. The SMILES string of the molecule is CCCNC(=O)[C@@H](C)Sc1nc2ccccc2c(=O)n1CCC(=O)OC. The van der Waals surface area contributed by atoms with Gasteiger partial charge in [0.15, 0.2) is 5.16 Å². The summed E-state index contributed by atoms with van der Waals surface area (Å²) in [5.41, 5.74) is 0.332. The molecule has 0 bridgehead atoms. The molecule has 7 nitrogen and oxygen atoms in total. The number of benzene rings is 1. The first-order chi connectivity index (χ1) is 12.5. The van der Waals surface area contributed by atoms with E-state index < -0.39 is 11.2 Å². The third kappa shape index (κ3) is 4.85. The zero-order chi connectivity index (χ0) is 19.1. The number of aromatic nitrogens is 2. The van der Waals surface area contributed by atoms with Crippen molar-refractivity contribution < 1.29 is 14.3 Å². The molecule has 26 heavy (non-hydrogen) atoms. The number of hydrogen-bond acceptors (Lipinski definition) is 6. The van der Waals surface area contributed by atoms with Crippen LogP contribution >= 0.6 is 11.8 Å². The van der Waals surface area contributed by atoms with Crippen molar-refractivity contribution in [2.45, 2.75) is 43.6 Å². The molecule has 1 amide bonds. The van der Waals surface area contributed by atoms with Crippen LogP contribution in [0, 0.1) is 0 Å². The van der Waals surface area contributed by atoms with Crippen molar-refractivity contribution >= 4 is 34.5 Å². The van der Waals surface area contributed by atoms with Crippen molar-refractivity contribution in [3.8, 4) is 0 Å². The number of thioether (sulfide) groups is 1. The van der Waals surface area contributed by atoms with Crippen LogP contribution in [-0.2, 0) is 20.9 Å². The maximum absolute atomic E-state index is 12.8. The third-order valence-corrected chi connectivity index (χ3v) is 4.88. The number of amides is 1. The van der Waals surface area contributed by atoms with Gasteiger partial charge in [0, 0.05) is 13.1 Å². The number of nitrogens with zero attached hydrogens (tertiary/aromatic N) is 2. The van der Waals surface area contributed by atoms with E-state index in [1.165, 1.54) is 23.4 Å². The number of para-hydroxylation sites is 1. The molecule has 0 aliphatic rings. The molecule has 0 saturated heterocycles. The minimum Gasteiger partial charge on any atom is -0.469 e. The molecule has 1 heterocycles. The largest absolute Gasteiger partial charge is 0.469 e. The van der Waals surface area contributed by atoms with Gasteiger partial charge in [-0.25, -0.2) is 4.98 Å². The minimum atomic E-state index is -0.418. The van der Waals surface area contributed by atoms with Crippen molar-refractivity contribution in [2.75, 3.05) is 13.7 Å². The molecule has 0 aliphatic heterocycles. The highest BCUT2D eigenvalue weighted by Crippen LogP contribution is 2.23. The Bertz CT molecular complexity index is 850. The Morgan fingerprint density at radius 1 is 1.35 bits per heavy atom. The van der Waals surface area contributed by atoms with Gasteiger partial charge in [-0.1, -0.05) is 30.8 Å². The summed E-state index contributed by atoms with van der Waals surface area (Å²) in [5.74, 6) is -0.520. The second kappa shape index (κ2) is 9.38. The lowest BCUT2D eigenvalue weighted by atomic mass is 10.2. The van der Waals surface area contributed by atoms with Gasteiger partial charge in [-0.15, -0.1) is 0 Å². The number of hydrogen-bond donors (Lipinski definition) is 1. The molecule has 2 aromatic rings. The lowest BCUT2D eigenvalue weighted by molar-refractivity contribution is -0.140. The van der Waals surface area contributed by atoms with Gasteiger partial charge in [-0.3, -0.25) is 19.0 Å². The average molecular weight is 377 g/mol. The van der Waals surface area contributed by atoms with E-state index in [2.05, 4.69) is 15.0 Å². The maximum atomic E-state index is 12.8. The van der Waals surface area contributed by atoms with E-state index in [0.29, 0.717) is 22.6 Å². The Kier molecular flexibility index (Phi) is 7.20. The second-order valence-corrected chi connectivity index (χ2v) is 7.05. The van der Waals surface area contributed by atoms with Gasteiger partial charge in [0.1, 0.15) is 0 Å². The van der Waals surface area contributed by atoms with Crippen LogP contribution < -0.4 is 10.9 Å². The number of rotatable bonds is 8. The van der Waals surface area contributed by atoms with Crippen molar-refractivity contribution in [2.24, 2.45) is 0 Å². The van der Waals surface area contributed by atoms with E-state index in [4.69, 9.17) is 0 Å². The molecule has 0 saturated carbocycles. The Morgan fingerprint density at radius 2 is 2.08 bits per heavy atom. The highest BCUT2D eigenvalue weighted by molar-refractivity contribution is 8.00. The van der Waals surface area contributed by atoms with Gasteiger partial charge < -0.3 is 10.1 Å². The summed E-state index contributed by atoms with van der Waals surface area (Å²) in [5, 5.41) is 3.31. The predicted octanol–water partition coefficient (Wildman–Crippen LogP) is 1.97. The molecule has 1 aromatic carbocycles. The van der Waals surface area contributed by atoms with Crippen LogP contribution in [0.1, 0.15) is 26.7 Å². The quantitative estimate of drug-likeness (QED) is 0.430. The Balaban J connectivity index is 2.37. The van der Waals surface area contributed by atoms with Crippen LogP contribution in [0.25, 0.3) is 10.9 Å². The number of ether oxygens (including phenoxy) is 1. The van der Waals surface area contributed by atoms with E-state index in [1.54, 1.807) is 31.2 Å². The van der Waals surface area contributed by atoms with E-state index in [0.717, 1.165) is 6.42 Å². The highest BCUT2D eigenvalue weighted by atomic mass is 32.2. The van der Waals surface area contributed by atoms with Gasteiger partial charge in [0.2, 0.25) is 5.91 Å². The van der Waals surface area contributed by atoms with Gasteiger partial charge in [0.25, 0.3) is 5.56 Å². The monoisotopic (exact) mass is 377 g/mol. The summed E-state index contributed by atoms with van der Waals surface area (Å²) in [6.45, 7) is 4.49. The Hall–Kier alpha value is -2.35. The zero-order valence-corrected chi connectivity index (χ0v) is 16.0. The van der Waals surface area contributed by atoms with Gasteiger partial charge in [-0.2, -0.15) is 0 Å². The zero-order valence-electron chi connectivity index (χ0n) is 15.2. The fraction of sp³-hybridized carbons (Fsp3) is 0.444. The summed E-state index contributed by atoms with van der Waals surface area (Å²) in [4.78, 5) is 41.0. The van der Waals surface area contributed by atoms with Crippen molar-refractivity contribution in [3.05, 3.63) is 34.6 Å². The summed E-state index contributed by atoms with van der Waals surface area (Å²) in [7, 11) is 1.31. The molecule has 0 spiro atoms. The number of methoxy groups -OCH3 is 1. The van der Waals surface area contributed by atoms with Crippen molar-refractivity contribution in [1.82, 2.24) is 14.9 Å². The Labute approximate surface area is 156 Å². The van der Waals surface area contributed by atoms with Crippen LogP contribution in [0.4, 0.5) is 0 Å². The molecule has 0 fully saturated rings. The normalized spacial score (nSPS) is 12.0. The Morgan fingerprint density at radius 3 is 2.77 bits per heavy atom. The third-order valence-electron chi connectivity index (χ3n) is 3.79. The molecule has 0 radical (unpaired) electrons. The summed E-state index contributed by atoms with van der Waals surface area (Å²) in [6.07, 6.45) is 0.904. The van der Waals surface area contributed by atoms with E-state index in [1.807, 2.05) is 6.92 Å². The highest BCUT2D eigenvalue weighted by Gasteiger charge is 2.19. The molecule has 1 atom stereocenters. The van der Waals surface area contributed by atoms with Crippen LogP contribution in [0.2, 0.25) is 0 Å². The molecule has 0 aliphatic carbocycles. The first-order valence-corrected chi connectivity index (χ1v) is 9.36. The standard InChI is InChI=1S/C18H23N3O4S/c1-4-10-19-16(23)12(2)26-18-20-14-8-6-5-7-13(14)17(24)21(18)11-9-15(22)25-3/h5-8,12H,4,9-11H2,1-3H3,(H,19,23)/t12-/m1/s1. The van der Waals surface area contributed by atoms with Crippen LogP contribution in [0.15, 0.2) is 34.2 Å².